The van der Waals surface area contributed by atoms with Gasteiger partial charge in [-0.05, 0) is 18.6 Å². The monoisotopic (exact) mass is 263 g/mol. The van der Waals surface area contributed by atoms with E-state index in [-0.39, 0.29) is 17.3 Å². The third-order valence-electron chi connectivity index (χ3n) is 2.82. The van der Waals surface area contributed by atoms with Crippen LogP contribution >= 0.6 is 0 Å². The summed E-state index contributed by atoms with van der Waals surface area (Å²) in [5.41, 5.74) is 7.59. The lowest BCUT2D eigenvalue weighted by atomic mass is 10.1. The van der Waals surface area contributed by atoms with E-state index in [9.17, 15) is 10.1 Å². The van der Waals surface area contributed by atoms with Crippen LogP contribution in [0.1, 0.15) is 12.5 Å². The van der Waals surface area contributed by atoms with Crippen molar-refractivity contribution in [3.8, 4) is 17.0 Å². The van der Waals surface area contributed by atoms with Gasteiger partial charge in [0.05, 0.1) is 12.0 Å². The van der Waals surface area contributed by atoms with E-state index in [1.165, 1.54) is 13.2 Å². The van der Waals surface area contributed by atoms with E-state index < -0.39 is 4.92 Å². The highest BCUT2D eigenvalue weighted by atomic mass is 16.6. The van der Waals surface area contributed by atoms with Crippen LogP contribution < -0.4 is 10.5 Å². The highest BCUT2D eigenvalue weighted by Crippen LogP contribution is 2.34. The highest BCUT2D eigenvalue weighted by molar-refractivity contribution is 5.70. The quantitative estimate of drug-likeness (QED) is 0.670. The summed E-state index contributed by atoms with van der Waals surface area (Å²) in [5, 5.41) is 14.7. The maximum absolute atomic E-state index is 10.8. The van der Waals surface area contributed by atoms with Crippen LogP contribution in [0.25, 0.3) is 11.3 Å². The van der Waals surface area contributed by atoms with Crippen molar-refractivity contribution >= 4 is 11.6 Å². The minimum absolute atomic E-state index is 0.0965. The van der Waals surface area contributed by atoms with Crippen LogP contribution in [0.15, 0.2) is 22.7 Å². The van der Waals surface area contributed by atoms with Crippen LogP contribution in [-0.4, -0.2) is 17.2 Å². The number of benzene rings is 1. The molecule has 0 bridgehead atoms. The normalized spacial score (nSPS) is 10.4. The number of nitro benzene ring substituents is 1. The molecule has 7 nitrogen and oxygen atoms in total. The maximum Gasteiger partial charge on any atom is 0.310 e. The van der Waals surface area contributed by atoms with Crippen molar-refractivity contribution in [2.24, 2.45) is 0 Å². The predicted molar refractivity (Wildman–Crippen MR) is 68.9 cm³/mol. The Bertz CT molecular complexity index is 621. The standard InChI is InChI=1S/C12H13N3O4/c1-3-8-11(14-19-12(8)13)7-4-5-9(15(16)17)10(6-7)18-2/h4-6H,3,13H2,1-2H3. The number of nitrogen functional groups attached to an aromatic ring is 1. The molecule has 19 heavy (non-hydrogen) atoms. The number of aromatic nitrogens is 1. The second kappa shape index (κ2) is 4.97. The van der Waals surface area contributed by atoms with Gasteiger partial charge in [0.1, 0.15) is 5.69 Å². The third-order valence-corrected chi connectivity index (χ3v) is 2.82. The van der Waals surface area contributed by atoms with Crippen molar-refractivity contribution in [2.45, 2.75) is 13.3 Å². The second-order valence-corrected chi connectivity index (χ2v) is 3.87. The zero-order valence-electron chi connectivity index (χ0n) is 10.5. The average molecular weight is 263 g/mol. The van der Waals surface area contributed by atoms with E-state index in [1.54, 1.807) is 12.1 Å². The van der Waals surface area contributed by atoms with Crippen LogP contribution in [0.2, 0.25) is 0 Å². The van der Waals surface area contributed by atoms with Gasteiger partial charge in [-0.2, -0.15) is 0 Å². The van der Waals surface area contributed by atoms with Crippen molar-refractivity contribution in [3.05, 3.63) is 33.9 Å². The lowest BCUT2D eigenvalue weighted by Gasteiger charge is -2.04. The van der Waals surface area contributed by atoms with Gasteiger partial charge >= 0.3 is 5.69 Å². The third kappa shape index (κ3) is 2.22. The summed E-state index contributed by atoms with van der Waals surface area (Å²) >= 11 is 0. The fraction of sp³-hybridized carbons (Fsp3) is 0.250. The molecule has 0 saturated carbocycles. The lowest BCUT2D eigenvalue weighted by Crippen LogP contribution is -1.95. The lowest BCUT2D eigenvalue weighted by molar-refractivity contribution is -0.385. The van der Waals surface area contributed by atoms with Gasteiger partial charge in [-0.15, -0.1) is 0 Å². The molecule has 0 spiro atoms. The molecule has 7 heteroatoms. The SMILES string of the molecule is CCc1c(-c2ccc([N+](=O)[O-])c(OC)c2)noc1N. The molecule has 0 saturated heterocycles. The molecule has 0 aliphatic carbocycles. The Hall–Kier alpha value is -2.57. The van der Waals surface area contributed by atoms with Crippen molar-refractivity contribution in [1.29, 1.82) is 0 Å². The zero-order chi connectivity index (χ0) is 14.0. The average Bonchev–Trinajstić information content (AvgIpc) is 2.78. The minimum atomic E-state index is -0.500. The molecule has 0 fully saturated rings. The van der Waals surface area contributed by atoms with Gasteiger partial charge in [-0.25, -0.2) is 0 Å². The van der Waals surface area contributed by atoms with Crippen LogP contribution in [0.4, 0.5) is 11.6 Å². The molecule has 1 heterocycles. The van der Waals surface area contributed by atoms with Gasteiger partial charge in [0, 0.05) is 17.2 Å². The molecule has 2 aromatic rings. The van der Waals surface area contributed by atoms with E-state index in [0.29, 0.717) is 17.7 Å². The molecular weight excluding hydrogens is 250 g/mol. The number of hydrogen-bond donors (Lipinski definition) is 1. The zero-order valence-corrected chi connectivity index (χ0v) is 10.5. The number of nitrogens with two attached hydrogens (primary N) is 1. The van der Waals surface area contributed by atoms with Gasteiger partial charge in [0.15, 0.2) is 5.75 Å². The summed E-state index contributed by atoms with van der Waals surface area (Å²) in [6, 6.07) is 4.52. The first-order valence-corrected chi connectivity index (χ1v) is 5.65. The molecule has 0 amide bonds. The van der Waals surface area contributed by atoms with Crippen LogP contribution in [0.5, 0.6) is 5.75 Å². The van der Waals surface area contributed by atoms with Crippen molar-refractivity contribution in [2.75, 3.05) is 12.8 Å². The number of ether oxygens (including phenoxy) is 1. The molecule has 0 unspecified atom stereocenters. The van der Waals surface area contributed by atoms with Crippen molar-refractivity contribution < 1.29 is 14.2 Å². The molecule has 0 aliphatic rings. The highest BCUT2D eigenvalue weighted by Gasteiger charge is 2.19. The first-order valence-electron chi connectivity index (χ1n) is 5.65. The molecular formula is C12H13N3O4. The fourth-order valence-electron chi connectivity index (χ4n) is 1.87. The molecule has 0 aliphatic heterocycles. The van der Waals surface area contributed by atoms with E-state index in [1.807, 2.05) is 6.92 Å². The van der Waals surface area contributed by atoms with E-state index in [4.69, 9.17) is 15.0 Å². The fourth-order valence-corrected chi connectivity index (χ4v) is 1.87. The molecule has 0 atom stereocenters. The van der Waals surface area contributed by atoms with E-state index in [0.717, 1.165) is 5.56 Å². The summed E-state index contributed by atoms with van der Waals surface area (Å²) in [6.07, 6.45) is 0.657. The van der Waals surface area contributed by atoms with E-state index >= 15 is 0 Å². The van der Waals surface area contributed by atoms with E-state index in [2.05, 4.69) is 5.16 Å². The van der Waals surface area contributed by atoms with Crippen molar-refractivity contribution in [1.82, 2.24) is 5.16 Å². The summed E-state index contributed by atoms with van der Waals surface area (Å²) in [5.74, 6) is 0.431. The summed E-state index contributed by atoms with van der Waals surface area (Å²) in [4.78, 5) is 10.3. The Morgan fingerprint density at radius 2 is 2.26 bits per heavy atom. The van der Waals surface area contributed by atoms with Crippen LogP contribution in [0, 0.1) is 10.1 Å². The smallest absolute Gasteiger partial charge is 0.310 e. The summed E-state index contributed by atoms with van der Waals surface area (Å²) in [7, 11) is 1.38. The number of anilines is 1. The predicted octanol–water partition coefficient (Wildman–Crippen LogP) is 2.40. The molecule has 0 radical (unpaired) electrons. The minimum Gasteiger partial charge on any atom is -0.490 e. The first kappa shape index (κ1) is 12.9. The van der Waals surface area contributed by atoms with Crippen LogP contribution in [-0.2, 0) is 6.42 Å². The Morgan fingerprint density at radius 1 is 1.53 bits per heavy atom. The first-order chi connectivity index (χ1) is 9.08. The van der Waals surface area contributed by atoms with Gasteiger partial charge in [-0.1, -0.05) is 12.1 Å². The number of methoxy groups -OCH3 is 1. The van der Waals surface area contributed by atoms with Gasteiger partial charge in [0.2, 0.25) is 5.88 Å². The maximum atomic E-state index is 10.8. The van der Waals surface area contributed by atoms with Gasteiger partial charge in [-0.3, -0.25) is 10.1 Å². The molecule has 2 N–H and O–H groups in total. The van der Waals surface area contributed by atoms with Crippen LogP contribution in [0.3, 0.4) is 0 Å². The number of hydrogen-bond acceptors (Lipinski definition) is 6. The number of rotatable bonds is 4. The van der Waals surface area contributed by atoms with Crippen molar-refractivity contribution in [3.63, 3.8) is 0 Å². The van der Waals surface area contributed by atoms with Gasteiger partial charge < -0.3 is 15.0 Å². The summed E-state index contributed by atoms with van der Waals surface area (Å²) in [6.45, 7) is 1.93. The number of nitrogens with zero attached hydrogens (tertiary/aromatic N) is 2. The Labute approximate surface area is 109 Å². The number of nitro groups is 1. The molecule has 100 valence electrons. The second-order valence-electron chi connectivity index (χ2n) is 3.87. The molecule has 1 aromatic heterocycles. The Kier molecular flexibility index (Phi) is 3.37. The molecule has 2 rings (SSSR count). The largest absolute Gasteiger partial charge is 0.490 e. The van der Waals surface area contributed by atoms with Gasteiger partial charge in [0.25, 0.3) is 0 Å². The Balaban J connectivity index is 2.54. The Morgan fingerprint density at radius 3 is 2.84 bits per heavy atom. The topological polar surface area (TPSA) is 104 Å². The summed E-state index contributed by atoms with van der Waals surface area (Å²) < 4.78 is 9.96. The molecule has 1 aromatic carbocycles.